The number of carbonyl (C=O) groups is 1. The molecule has 0 fully saturated rings. The number of nitrogens with zero attached hydrogens (tertiary/aromatic N) is 2. The summed E-state index contributed by atoms with van der Waals surface area (Å²) in [5.74, 6) is -0.355. The highest BCUT2D eigenvalue weighted by Crippen LogP contribution is 2.35. The molecule has 0 saturated carbocycles. The summed E-state index contributed by atoms with van der Waals surface area (Å²) in [5, 5.41) is 12.5. The van der Waals surface area contributed by atoms with Crippen molar-refractivity contribution in [3.05, 3.63) is 47.5 Å². The second-order valence-corrected chi connectivity index (χ2v) is 6.00. The van der Waals surface area contributed by atoms with E-state index in [-0.39, 0.29) is 12.3 Å². The average molecular weight is 328 g/mol. The Morgan fingerprint density at radius 2 is 2.14 bits per heavy atom. The molecule has 2 aromatic carbocycles. The number of thiazole rings is 1. The highest BCUT2D eigenvalue weighted by Gasteiger charge is 2.11. The van der Waals surface area contributed by atoms with Crippen molar-refractivity contribution in [2.24, 2.45) is 0 Å². The summed E-state index contributed by atoms with van der Waals surface area (Å²) in [6.07, 6.45) is -0.183. The Labute approximate surface area is 136 Å². The number of carbonyl (C=O) groups excluding carboxylic acids is 1. The normalized spacial score (nSPS) is 10.4. The van der Waals surface area contributed by atoms with Crippen LogP contribution in [-0.2, 0) is 4.79 Å². The number of benzene rings is 2. The number of halogens is 1. The number of para-hydroxylation sites is 1. The van der Waals surface area contributed by atoms with E-state index in [4.69, 9.17) is 16.9 Å². The van der Waals surface area contributed by atoms with Gasteiger partial charge in [-0.3, -0.25) is 4.79 Å². The lowest BCUT2D eigenvalue weighted by Crippen LogP contribution is -2.09. The zero-order valence-corrected chi connectivity index (χ0v) is 12.9. The molecular formula is C16H10ClN3OS. The SMILES string of the molecule is N#CCC(=O)Nc1ccc(-c2nc3ccccc3s2)c(Cl)c1. The molecule has 1 amide bonds. The smallest absolute Gasteiger partial charge is 0.238 e. The fraction of sp³-hybridized carbons (Fsp3) is 0.0625. The predicted molar refractivity (Wildman–Crippen MR) is 88.9 cm³/mol. The van der Waals surface area contributed by atoms with Crippen molar-refractivity contribution in [1.29, 1.82) is 5.26 Å². The minimum Gasteiger partial charge on any atom is -0.325 e. The van der Waals surface area contributed by atoms with E-state index in [1.807, 2.05) is 30.3 Å². The van der Waals surface area contributed by atoms with Gasteiger partial charge in [0.15, 0.2) is 0 Å². The number of amides is 1. The third-order valence-electron chi connectivity index (χ3n) is 3.02. The number of hydrogen-bond acceptors (Lipinski definition) is 4. The van der Waals surface area contributed by atoms with E-state index >= 15 is 0 Å². The van der Waals surface area contributed by atoms with Crippen LogP contribution in [0, 0.1) is 11.3 Å². The lowest BCUT2D eigenvalue weighted by atomic mass is 10.2. The molecule has 3 aromatic rings. The number of nitriles is 1. The molecular weight excluding hydrogens is 318 g/mol. The van der Waals surface area contributed by atoms with Crippen LogP contribution in [0.4, 0.5) is 5.69 Å². The molecule has 0 spiro atoms. The quantitative estimate of drug-likeness (QED) is 0.771. The first-order chi connectivity index (χ1) is 10.7. The third-order valence-corrected chi connectivity index (χ3v) is 4.40. The fourth-order valence-electron chi connectivity index (χ4n) is 2.03. The minimum absolute atomic E-state index is 0.183. The molecule has 6 heteroatoms. The van der Waals surface area contributed by atoms with Crippen LogP contribution in [0.15, 0.2) is 42.5 Å². The minimum atomic E-state index is -0.355. The van der Waals surface area contributed by atoms with Crippen LogP contribution in [0.3, 0.4) is 0 Å². The molecule has 0 aliphatic rings. The monoisotopic (exact) mass is 327 g/mol. The van der Waals surface area contributed by atoms with Crippen LogP contribution in [0.5, 0.6) is 0 Å². The third kappa shape index (κ3) is 2.93. The molecule has 0 saturated heterocycles. The molecule has 3 rings (SSSR count). The summed E-state index contributed by atoms with van der Waals surface area (Å²) in [7, 11) is 0. The van der Waals surface area contributed by atoms with E-state index in [1.165, 1.54) is 0 Å². The Balaban J connectivity index is 1.92. The Hall–Kier alpha value is -2.42. The standard InChI is InChI=1S/C16H10ClN3OS/c17-12-9-10(19-15(21)7-8-18)5-6-11(12)16-20-13-3-1-2-4-14(13)22-16/h1-6,9H,7H2,(H,19,21). The summed E-state index contributed by atoms with van der Waals surface area (Å²) >= 11 is 7.87. The van der Waals surface area contributed by atoms with Crippen molar-refractivity contribution in [2.45, 2.75) is 6.42 Å². The zero-order chi connectivity index (χ0) is 15.5. The highest BCUT2D eigenvalue weighted by atomic mass is 35.5. The molecule has 0 aliphatic heterocycles. The summed E-state index contributed by atoms with van der Waals surface area (Å²) in [6.45, 7) is 0. The molecule has 4 nitrogen and oxygen atoms in total. The van der Waals surface area contributed by atoms with Crippen molar-refractivity contribution < 1.29 is 4.79 Å². The van der Waals surface area contributed by atoms with Crippen LogP contribution < -0.4 is 5.32 Å². The van der Waals surface area contributed by atoms with Crippen LogP contribution in [0.2, 0.25) is 5.02 Å². The maximum Gasteiger partial charge on any atom is 0.238 e. The predicted octanol–water partition coefficient (Wildman–Crippen LogP) is 4.47. The molecule has 0 radical (unpaired) electrons. The molecule has 108 valence electrons. The van der Waals surface area contributed by atoms with Crippen molar-refractivity contribution in [3.63, 3.8) is 0 Å². The van der Waals surface area contributed by atoms with Crippen LogP contribution in [0.25, 0.3) is 20.8 Å². The van der Waals surface area contributed by atoms with Crippen molar-refractivity contribution in [1.82, 2.24) is 4.98 Å². The van der Waals surface area contributed by atoms with Gasteiger partial charge in [0.2, 0.25) is 5.91 Å². The number of hydrogen-bond donors (Lipinski definition) is 1. The number of fused-ring (bicyclic) bond motifs is 1. The van der Waals surface area contributed by atoms with E-state index in [0.717, 1.165) is 20.8 Å². The highest BCUT2D eigenvalue weighted by molar-refractivity contribution is 7.21. The topological polar surface area (TPSA) is 65.8 Å². The molecule has 0 aliphatic carbocycles. The Kier molecular flexibility index (Phi) is 4.05. The first-order valence-electron chi connectivity index (χ1n) is 6.49. The van der Waals surface area contributed by atoms with Gasteiger partial charge in [-0.05, 0) is 30.3 Å². The molecule has 1 aromatic heterocycles. The summed E-state index contributed by atoms with van der Waals surface area (Å²) < 4.78 is 1.10. The van der Waals surface area contributed by atoms with Crippen molar-refractivity contribution in [2.75, 3.05) is 5.32 Å². The van der Waals surface area contributed by atoms with Crippen LogP contribution >= 0.6 is 22.9 Å². The fourth-order valence-corrected chi connectivity index (χ4v) is 3.36. The lowest BCUT2D eigenvalue weighted by Gasteiger charge is -2.06. The number of aromatic nitrogens is 1. The van der Waals surface area contributed by atoms with E-state index < -0.39 is 0 Å². The van der Waals surface area contributed by atoms with Crippen molar-refractivity contribution in [3.8, 4) is 16.6 Å². The maximum atomic E-state index is 11.4. The Bertz CT molecular complexity index is 865. The summed E-state index contributed by atoms with van der Waals surface area (Å²) in [5.41, 5.74) is 2.32. The average Bonchev–Trinajstić information content (AvgIpc) is 2.91. The van der Waals surface area contributed by atoms with Gasteiger partial charge in [0.1, 0.15) is 11.4 Å². The van der Waals surface area contributed by atoms with Gasteiger partial charge in [0.05, 0.1) is 21.3 Å². The van der Waals surface area contributed by atoms with Crippen LogP contribution in [-0.4, -0.2) is 10.9 Å². The number of nitrogens with one attached hydrogen (secondary N) is 1. The van der Waals surface area contributed by atoms with Gasteiger partial charge in [-0.25, -0.2) is 4.98 Å². The summed E-state index contributed by atoms with van der Waals surface area (Å²) in [4.78, 5) is 16.0. The molecule has 1 N–H and O–H groups in total. The first kappa shape index (κ1) is 14.5. The van der Waals surface area contributed by atoms with Gasteiger partial charge in [-0.15, -0.1) is 11.3 Å². The molecule has 22 heavy (non-hydrogen) atoms. The van der Waals surface area contributed by atoms with E-state index in [9.17, 15) is 4.79 Å². The number of rotatable bonds is 3. The molecule has 0 atom stereocenters. The van der Waals surface area contributed by atoms with Gasteiger partial charge in [0, 0.05) is 11.3 Å². The zero-order valence-electron chi connectivity index (χ0n) is 11.3. The number of anilines is 1. The van der Waals surface area contributed by atoms with Crippen LogP contribution in [0.1, 0.15) is 6.42 Å². The van der Waals surface area contributed by atoms with Gasteiger partial charge >= 0.3 is 0 Å². The van der Waals surface area contributed by atoms with Gasteiger partial charge in [-0.1, -0.05) is 23.7 Å². The molecule has 0 unspecified atom stereocenters. The van der Waals surface area contributed by atoms with Gasteiger partial charge in [-0.2, -0.15) is 5.26 Å². The van der Waals surface area contributed by atoms with Gasteiger partial charge in [0.25, 0.3) is 0 Å². The lowest BCUT2D eigenvalue weighted by molar-refractivity contribution is -0.115. The molecule has 1 heterocycles. The Morgan fingerprint density at radius 1 is 1.32 bits per heavy atom. The molecule has 0 bridgehead atoms. The summed E-state index contributed by atoms with van der Waals surface area (Å²) in [6, 6.07) is 14.9. The Morgan fingerprint density at radius 3 is 2.86 bits per heavy atom. The first-order valence-corrected chi connectivity index (χ1v) is 7.69. The second kappa shape index (κ2) is 6.14. The largest absolute Gasteiger partial charge is 0.325 e. The van der Waals surface area contributed by atoms with E-state index in [2.05, 4.69) is 10.3 Å². The van der Waals surface area contributed by atoms with E-state index in [1.54, 1.807) is 29.5 Å². The van der Waals surface area contributed by atoms with Crippen molar-refractivity contribution >= 4 is 44.7 Å². The maximum absolute atomic E-state index is 11.4. The second-order valence-electron chi connectivity index (χ2n) is 4.56. The van der Waals surface area contributed by atoms with Gasteiger partial charge < -0.3 is 5.32 Å². The van der Waals surface area contributed by atoms with E-state index in [0.29, 0.717) is 10.7 Å².